The molecule has 12 heavy (non-hydrogen) atoms. The third kappa shape index (κ3) is 1.90. The fourth-order valence-corrected chi connectivity index (χ4v) is 1.32. The monoisotopic (exact) mass is 203 g/mol. The number of primary amides is 1. The first-order valence-electron chi connectivity index (χ1n) is 3.30. The first-order chi connectivity index (χ1) is 5.63. The zero-order valence-corrected chi connectivity index (χ0v) is 7.64. The van der Waals surface area contributed by atoms with Gasteiger partial charge in [0.15, 0.2) is 0 Å². The van der Waals surface area contributed by atoms with Gasteiger partial charge in [0.2, 0.25) is 5.91 Å². The van der Waals surface area contributed by atoms with Crippen LogP contribution in [0.2, 0.25) is 5.02 Å². The van der Waals surface area contributed by atoms with E-state index in [4.69, 9.17) is 28.9 Å². The van der Waals surface area contributed by atoms with E-state index in [1.807, 2.05) is 0 Å². The predicted molar refractivity (Wildman–Crippen MR) is 49.2 cm³/mol. The lowest BCUT2D eigenvalue weighted by Crippen LogP contribution is -2.17. The second-order valence-electron chi connectivity index (χ2n) is 2.29. The Morgan fingerprint density at radius 2 is 2.00 bits per heavy atom. The number of alkyl halides is 1. The van der Waals surface area contributed by atoms with Gasteiger partial charge in [-0.3, -0.25) is 4.79 Å². The van der Waals surface area contributed by atoms with Crippen LogP contribution in [0.1, 0.15) is 10.9 Å². The minimum absolute atomic E-state index is 0.455. The van der Waals surface area contributed by atoms with Crippen molar-refractivity contribution < 1.29 is 4.79 Å². The van der Waals surface area contributed by atoms with E-state index < -0.39 is 11.3 Å². The Bertz CT molecular complexity index is 301. The first-order valence-corrected chi connectivity index (χ1v) is 4.12. The lowest BCUT2D eigenvalue weighted by molar-refractivity contribution is -0.117. The Kier molecular flexibility index (Phi) is 2.95. The molecule has 1 aromatic carbocycles. The molecule has 0 spiro atoms. The van der Waals surface area contributed by atoms with E-state index in [1.165, 1.54) is 0 Å². The summed E-state index contributed by atoms with van der Waals surface area (Å²) < 4.78 is 0. The van der Waals surface area contributed by atoms with Crippen LogP contribution < -0.4 is 5.73 Å². The van der Waals surface area contributed by atoms with Gasteiger partial charge in [-0.15, -0.1) is 11.6 Å². The number of halogens is 2. The van der Waals surface area contributed by atoms with E-state index in [2.05, 4.69) is 0 Å². The summed E-state index contributed by atoms with van der Waals surface area (Å²) in [4.78, 5) is 10.7. The van der Waals surface area contributed by atoms with E-state index in [9.17, 15) is 4.79 Å². The Hall–Kier alpha value is -0.730. The van der Waals surface area contributed by atoms with Crippen molar-refractivity contribution in [2.24, 2.45) is 5.73 Å². The quantitative estimate of drug-likeness (QED) is 0.736. The Morgan fingerprint density at radius 1 is 1.42 bits per heavy atom. The van der Waals surface area contributed by atoms with Crippen LogP contribution in [0.4, 0.5) is 0 Å². The largest absolute Gasteiger partial charge is 0.368 e. The minimum atomic E-state index is -0.848. The molecule has 1 rings (SSSR count). The van der Waals surface area contributed by atoms with Crippen LogP contribution in [-0.2, 0) is 4.79 Å². The maximum absolute atomic E-state index is 10.7. The summed E-state index contributed by atoms with van der Waals surface area (Å²) in [7, 11) is 0. The van der Waals surface area contributed by atoms with E-state index in [-0.39, 0.29) is 0 Å². The van der Waals surface area contributed by atoms with Gasteiger partial charge in [-0.1, -0.05) is 29.8 Å². The summed E-state index contributed by atoms with van der Waals surface area (Å²) in [5.74, 6) is -0.593. The molecule has 2 N–H and O–H groups in total. The Morgan fingerprint density at radius 3 is 2.50 bits per heavy atom. The number of benzene rings is 1. The van der Waals surface area contributed by atoms with Crippen LogP contribution in [0.25, 0.3) is 0 Å². The minimum Gasteiger partial charge on any atom is -0.368 e. The highest BCUT2D eigenvalue weighted by molar-refractivity contribution is 6.35. The smallest absolute Gasteiger partial charge is 0.240 e. The van der Waals surface area contributed by atoms with Gasteiger partial charge in [0.25, 0.3) is 0 Å². The van der Waals surface area contributed by atoms with Crippen molar-refractivity contribution in [3.05, 3.63) is 34.9 Å². The van der Waals surface area contributed by atoms with Gasteiger partial charge >= 0.3 is 0 Å². The zero-order valence-electron chi connectivity index (χ0n) is 6.13. The van der Waals surface area contributed by atoms with E-state index >= 15 is 0 Å². The molecule has 0 heterocycles. The molecule has 4 heteroatoms. The molecular weight excluding hydrogens is 197 g/mol. The highest BCUT2D eigenvalue weighted by Crippen LogP contribution is 2.26. The number of hydrogen-bond donors (Lipinski definition) is 1. The SMILES string of the molecule is NC(=O)C(Cl)c1ccccc1Cl. The number of rotatable bonds is 2. The molecule has 2 nitrogen and oxygen atoms in total. The van der Waals surface area contributed by atoms with Crippen LogP contribution in [0, 0.1) is 0 Å². The van der Waals surface area contributed by atoms with Gasteiger partial charge < -0.3 is 5.73 Å². The molecular formula is C8H7Cl2NO. The lowest BCUT2D eigenvalue weighted by atomic mass is 10.1. The molecule has 1 atom stereocenters. The average molecular weight is 204 g/mol. The van der Waals surface area contributed by atoms with Crippen molar-refractivity contribution in [3.63, 3.8) is 0 Å². The number of nitrogens with two attached hydrogens (primary N) is 1. The molecule has 0 aromatic heterocycles. The van der Waals surface area contributed by atoms with Crippen molar-refractivity contribution in [2.45, 2.75) is 5.38 Å². The van der Waals surface area contributed by atoms with Crippen molar-refractivity contribution >= 4 is 29.1 Å². The summed E-state index contributed by atoms with van der Waals surface area (Å²) in [6.45, 7) is 0. The Labute approximate surface area is 80.3 Å². The third-order valence-electron chi connectivity index (χ3n) is 1.43. The number of amides is 1. The van der Waals surface area contributed by atoms with Crippen molar-refractivity contribution in [2.75, 3.05) is 0 Å². The van der Waals surface area contributed by atoms with Gasteiger partial charge in [-0.05, 0) is 11.6 Å². The summed E-state index contributed by atoms with van der Waals surface area (Å²) >= 11 is 11.5. The third-order valence-corrected chi connectivity index (χ3v) is 2.22. The highest BCUT2D eigenvalue weighted by Gasteiger charge is 2.16. The zero-order chi connectivity index (χ0) is 9.14. The summed E-state index contributed by atoms with van der Waals surface area (Å²) in [5, 5.41) is -0.394. The van der Waals surface area contributed by atoms with Gasteiger partial charge in [0, 0.05) is 5.02 Å². The van der Waals surface area contributed by atoms with E-state index in [0.717, 1.165) is 0 Å². The first kappa shape index (κ1) is 9.36. The maximum atomic E-state index is 10.7. The molecule has 1 amide bonds. The lowest BCUT2D eigenvalue weighted by Gasteiger charge is -2.06. The highest BCUT2D eigenvalue weighted by atomic mass is 35.5. The molecule has 1 unspecified atom stereocenters. The molecule has 0 saturated carbocycles. The molecule has 1 aromatic rings. The van der Waals surface area contributed by atoms with Crippen LogP contribution in [-0.4, -0.2) is 5.91 Å². The molecule has 0 aliphatic carbocycles. The molecule has 0 radical (unpaired) electrons. The fourth-order valence-electron chi connectivity index (χ4n) is 0.834. The average Bonchev–Trinajstić information content (AvgIpc) is 2.04. The predicted octanol–water partition coefficient (Wildman–Crippen LogP) is 2.11. The van der Waals surface area contributed by atoms with Gasteiger partial charge in [0.1, 0.15) is 5.38 Å². The number of hydrogen-bond acceptors (Lipinski definition) is 1. The van der Waals surface area contributed by atoms with Gasteiger partial charge in [0.05, 0.1) is 0 Å². The molecule has 0 saturated heterocycles. The Balaban J connectivity index is 3.02. The fraction of sp³-hybridized carbons (Fsp3) is 0.125. The topological polar surface area (TPSA) is 43.1 Å². The normalized spacial score (nSPS) is 12.5. The van der Waals surface area contributed by atoms with Crippen LogP contribution in [0.3, 0.4) is 0 Å². The van der Waals surface area contributed by atoms with Crippen molar-refractivity contribution in [1.82, 2.24) is 0 Å². The van der Waals surface area contributed by atoms with Crippen molar-refractivity contribution in [3.8, 4) is 0 Å². The second kappa shape index (κ2) is 3.78. The van der Waals surface area contributed by atoms with E-state index in [0.29, 0.717) is 10.6 Å². The van der Waals surface area contributed by atoms with Gasteiger partial charge in [-0.2, -0.15) is 0 Å². The molecule has 0 bridgehead atoms. The van der Waals surface area contributed by atoms with Gasteiger partial charge in [-0.25, -0.2) is 0 Å². The second-order valence-corrected chi connectivity index (χ2v) is 3.13. The molecule has 0 fully saturated rings. The summed E-state index contributed by atoms with van der Waals surface area (Å²) in [6.07, 6.45) is 0. The molecule has 64 valence electrons. The summed E-state index contributed by atoms with van der Waals surface area (Å²) in [6, 6.07) is 6.84. The molecule has 0 aliphatic heterocycles. The van der Waals surface area contributed by atoms with Crippen LogP contribution in [0.15, 0.2) is 24.3 Å². The molecule has 0 aliphatic rings. The number of carbonyl (C=O) groups excluding carboxylic acids is 1. The van der Waals surface area contributed by atoms with E-state index in [1.54, 1.807) is 24.3 Å². The standard InChI is InChI=1S/C8H7Cl2NO/c9-6-4-2-1-3-5(6)7(10)8(11)12/h1-4,7H,(H2,11,12). The maximum Gasteiger partial charge on any atom is 0.240 e. The van der Waals surface area contributed by atoms with Crippen LogP contribution in [0.5, 0.6) is 0 Å². The number of carbonyl (C=O) groups is 1. The van der Waals surface area contributed by atoms with Crippen molar-refractivity contribution in [1.29, 1.82) is 0 Å². The van der Waals surface area contributed by atoms with Crippen LogP contribution >= 0.6 is 23.2 Å². The summed E-state index contributed by atoms with van der Waals surface area (Å²) in [5.41, 5.74) is 5.56.